The van der Waals surface area contributed by atoms with E-state index >= 15 is 0 Å². The molecule has 2 N–H and O–H groups in total. The van der Waals surface area contributed by atoms with Crippen LogP contribution >= 0.6 is 0 Å². The lowest BCUT2D eigenvalue weighted by Gasteiger charge is -2.36. The number of fused-ring (bicyclic) bond motifs is 9. The first-order valence-corrected chi connectivity index (χ1v) is 13.2. The third kappa shape index (κ3) is 2.92. The third-order valence-corrected chi connectivity index (χ3v) is 8.86. The SMILES string of the molecule is Cc1cc(C2(c3ccc(O)c(C)c3)c3ccccc3-c3ccc4c(c32)C2OC2COCC2OC42)ccc1O. The number of hydrogen-bond acceptors (Lipinski definition) is 5. The molecule has 4 atom stereocenters. The predicted octanol–water partition coefficient (Wildman–Crippen LogP) is 5.99. The molecule has 1 aliphatic carbocycles. The van der Waals surface area contributed by atoms with Gasteiger partial charge in [-0.15, -0.1) is 0 Å². The maximum Gasteiger partial charge on any atom is 0.118 e. The molecule has 4 aromatic carbocycles. The van der Waals surface area contributed by atoms with Crippen molar-refractivity contribution < 1.29 is 24.4 Å². The third-order valence-electron chi connectivity index (χ3n) is 8.86. The second kappa shape index (κ2) is 7.70. The van der Waals surface area contributed by atoms with Gasteiger partial charge in [-0.2, -0.15) is 0 Å². The Balaban J connectivity index is 1.53. The smallest absolute Gasteiger partial charge is 0.118 e. The molecule has 0 amide bonds. The van der Waals surface area contributed by atoms with Gasteiger partial charge in [0.1, 0.15) is 35.9 Å². The molecule has 4 unspecified atom stereocenters. The van der Waals surface area contributed by atoms with Crippen molar-refractivity contribution in [3.05, 3.63) is 117 Å². The fourth-order valence-corrected chi connectivity index (χ4v) is 6.91. The molecule has 5 nitrogen and oxygen atoms in total. The van der Waals surface area contributed by atoms with Crippen molar-refractivity contribution in [2.75, 3.05) is 13.2 Å². The minimum Gasteiger partial charge on any atom is -0.508 e. The van der Waals surface area contributed by atoms with Gasteiger partial charge in [0.25, 0.3) is 0 Å². The van der Waals surface area contributed by atoms with Crippen LogP contribution in [0.1, 0.15) is 56.7 Å². The number of hydrogen-bond donors (Lipinski definition) is 2. The fraction of sp³-hybridized carbons (Fsp3) is 0.273. The van der Waals surface area contributed by atoms with Crippen molar-refractivity contribution in [2.24, 2.45) is 0 Å². The molecule has 2 saturated heterocycles. The molecular formula is C33H28O5. The molecule has 4 aliphatic rings. The number of epoxide rings is 2. The van der Waals surface area contributed by atoms with Crippen LogP contribution in [0.5, 0.6) is 11.5 Å². The van der Waals surface area contributed by atoms with Gasteiger partial charge >= 0.3 is 0 Å². The Morgan fingerprint density at radius 1 is 0.711 bits per heavy atom. The van der Waals surface area contributed by atoms with Crippen molar-refractivity contribution in [1.29, 1.82) is 0 Å². The standard InChI is InChI=1S/C33H28O5/c1-17-13-19(7-11-25(17)34)33(20-8-12-26(35)18(2)14-20)24-6-4-3-5-21(24)22-9-10-23-29(30(22)33)32-28(38-32)16-36-15-27-31(23)37-27/h3-14,27-28,31-32,34-35H,15-16H2,1-2H3. The summed E-state index contributed by atoms with van der Waals surface area (Å²) in [6, 6.07) is 24.9. The summed E-state index contributed by atoms with van der Waals surface area (Å²) in [7, 11) is 0. The number of rotatable bonds is 2. The van der Waals surface area contributed by atoms with Gasteiger partial charge in [0.2, 0.25) is 0 Å². The summed E-state index contributed by atoms with van der Waals surface area (Å²) in [5, 5.41) is 21.0. The number of ether oxygens (including phenoxy) is 3. The first kappa shape index (κ1) is 22.4. The Kier molecular flexibility index (Phi) is 4.53. The quantitative estimate of drug-likeness (QED) is 0.289. The molecular weight excluding hydrogens is 476 g/mol. The molecule has 3 aliphatic heterocycles. The lowest BCUT2D eigenvalue weighted by Crippen LogP contribution is -2.30. The van der Waals surface area contributed by atoms with Crippen molar-refractivity contribution in [1.82, 2.24) is 0 Å². The van der Waals surface area contributed by atoms with Crippen molar-refractivity contribution in [2.45, 2.75) is 43.7 Å². The highest BCUT2D eigenvalue weighted by Gasteiger charge is 2.56. The van der Waals surface area contributed by atoms with Gasteiger partial charge in [0.15, 0.2) is 0 Å². The molecule has 190 valence electrons. The van der Waals surface area contributed by atoms with Crippen LogP contribution in [0.25, 0.3) is 11.1 Å². The van der Waals surface area contributed by atoms with Crippen LogP contribution in [0.4, 0.5) is 0 Å². The van der Waals surface area contributed by atoms with E-state index in [4.69, 9.17) is 14.2 Å². The Bertz CT molecular complexity index is 1590. The normalized spacial score (nSPS) is 25.5. The van der Waals surface area contributed by atoms with Crippen molar-refractivity contribution in [3.8, 4) is 22.6 Å². The second-order valence-electron chi connectivity index (χ2n) is 11.0. The summed E-state index contributed by atoms with van der Waals surface area (Å²) in [6.07, 6.45) is -0.00707. The van der Waals surface area contributed by atoms with E-state index in [0.29, 0.717) is 13.2 Å². The molecule has 0 radical (unpaired) electrons. The highest BCUT2D eigenvalue weighted by Crippen LogP contribution is 2.62. The van der Waals surface area contributed by atoms with Crippen LogP contribution in [0.3, 0.4) is 0 Å². The summed E-state index contributed by atoms with van der Waals surface area (Å²) < 4.78 is 18.4. The molecule has 2 fully saturated rings. The van der Waals surface area contributed by atoms with E-state index < -0.39 is 5.41 Å². The molecule has 8 rings (SSSR count). The lowest BCUT2D eigenvalue weighted by atomic mass is 9.65. The average molecular weight is 505 g/mol. The second-order valence-corrected chi connectivity index (χ2v) is 11.0. The molecule has 3 heterocycles. The van der Waals surface area contributed by atoms with Crippen molar-refractivity contribution >= 4 is 0 Å². The zero-order chi connectivity index (χ0) is 25.8. The van der Waals surface area contributed by atoms with Crippen LogP contribution < -0.4 is 0 Å². The highest BCUT2D eigenvalue weighted by molar-refractivity contribution is 5.88. The largest absolute Gasteiger partial charge is 0.508 e. The zero-order valence-electron chi connectivity index (χ0n) is 21.3. The molecule has 0 spiro atoms. The Labute approximate surface area is 221 Å². The van der Waals surface area contributed by atoms with Gasteiger partial charge in [-0.25, -0.2) is 0 Å². The van der Waals surface area contributed by atoms with Crippen LogP contribution in [0.2, 0.25) is 0 Å². The molecule has 0 aromatic heterocycles. The molecule has 0 bridgehead atoms. The fourth-order valence-electron chi connectivity index (χ4n) is 6.91. The monoisotopic (exact) mass is 504 g/mol. The van der Waals surface area contributed by atoms with Gasteiger partial charge in [-0.1, -0.05) is 60.7 Å². The maximum atomic E-state index is 10.5. The van der Waals surface area contributed by atoms with Crippen LogP contribution in [0, 0.1) is 13.8 Å². The molecule has 5 heteroatoms. The van der Waals surface area contributed by atoms with Gasteiger partial charge < -0.3 is 24.4 Å². The first-order valence-electron chi connectivity index (χ1n) is 13.2. The van der Waals surface area contributed by atoms with Crippen LogP contribution in [-0.4, -0.2) is 35.6 Å². The minimum absolute atomic E-state index is 0.0113. The summed E-state index contributed by atoms with van der Waals surface area (Å²) in [4.78, 5) is 0. The zero-order valence-corrected chi connectivity index (χ0v) is 21.3. The van der Waals surface area contributed by atoms with E-state index in [9.17, 15) is 10.2 Å². The number of aromatic hydroxyl groups is 2. The summed E-state index contributed by atoms with van der Waals surface area (Å²) in [6.45, 7) is 5.01. The Hall–Kier alpha value is -3.64. The first-order chi connectivity index (χ1) is 18.5. The van der Waals surface area contributed by atoms with Gasteiger partial charge in [-0.05, 0) is 81.6 Å². The average Bonchev–Trinajstić information content (AvgIpc) is 3.84. The minimum atomic E-state index is -0.677. The predicted molar refractivity (Wildman–Crippen MR) is 143 cm³/mol. The Morgan fingerprint density at radius 3 is 2.03 bits per heavy atom. The summed E-state index contributed by atoms with van der Waals surface area (Å²) in [5.74, 6) is 0.545. The van der Waals surface area contributed by atoms with Crippen LogP contribution in [0.15, 0.2) is 72.8 Å². The number of phenolic OH excluding ortho intramolecular Hbond substituents is 2. The lowest BCUT2D eigenvalue weighted by molar-refractivity contribution is 0.102. The van der Waals surface area contributed by atoms with Crippen LogP contribution in [-0.2, 0) is 19.6 Å². The summed E-state index contributed by atoms with van der Waals surface area (Å²) >= 11 is 0. The topological polar surface area (TPSA) is 74.8 Å². The van der Waals surface area contributed by atoms with Gasteiger partial charge in [-0.3, -0.25) is 0 Å². The van der Waals surface area contributed by atoms with E-state index in [0.717, 1.165) is 22.3 Å². The summed E-state index contributed by atoms with van der Waals surface area (Å²) in [5.41, 5.74) is 10.2. The van der Waals surface area contributed by atoms with E-state index in [2.05, 4.69) is 48.5 Å². The Morgan fingerprint density at radius 2 is 1.34 bits per heavy atom. The van der Waals surface area contributed by atoms with E-state index in [1.807, 2.05) is 26.0 Å². The van der Waals surface area contributed by atoms with E-state index in [-0.39, 0.29) is 35.9 Å². The maximum absolute atomic E-state index is 10.5. The molecule has 38 heavy (non-hydrogen) atoms. The number of benzene rings is 4. The molecule has 0 saturated carbocycles. The van der Waals surface area contributed by atoms with Crippen molar-refractivity contribution in [3.63, 3.8) is 0 Å². The molecule has 4 aromatic rings. The number of phenols is 2. The van der Waals surface area contributed by atoms with E-state index in [1.165, 1.54) is 33.4 Å². The number of aryl methyl sites for hydroxylation is 2. The van der Waals surface area contributed by atoms with E-state index in [1.54, 1.807) is 12.1 Å². The van der Waals surface area contributed by atoms with Gasteiger partial charge in [0.05, 0.1) is 18.6 Å². The highest BCUT2D eigenvalue weighted by atomic mass is 16.6. The van der Waals surface area contributed by atoms with Gasteiger partial charge in [0, 0.05) is 0 Å².